The third-order valence-electron chi connectivity index (χ3n) is 2.05. The van der Waals surface area contributed by atoms with Gasteiger partial charge in [0, 0.05) is 34.1 Å². The minimum absolute atomic E-state index is 0.452. The molecule has 1 aliphatic rings. The summed E-state index contributed by atoms with van der Waals surface area (Å²) in [6, 6.07) is 1.79. The molecular weight excluding hydrogens is 254 g/mol. The summed E-state index contributed by atoms with van der Waals surface area (Å²) in [7, 11) is 0. The second-order valence-corrected chi connectivity index (χ2v) is 5.10. The number of carbonyl (C=O) groups is 1. The molecule has 2 rings (SSSR count). The number of hydrogen-bond donors (Lipinski definition) is 1. The van der Waals surface area contributed by atoms with Gasteiger partial charge in [0.25, 0.3) is 0 Å². The topological polar surface area (TPSA) is 40.5 Å². The molecule has 0 radical (unpaired) electrons. The van der Waals surface area contributed by atoms with Crippen molar-refractivity contribution in [2.24, 2.45) is 0 Å². The molecule has 0 fully saturated rings. The summed E-state index contributed by atoms with van der Waals surface area (Å²) in [5.74, 6) is -0.819. The monoisotopic (exact) mass is 261 g/mol. The summed E-state index contributed by atoms with van der Waals surface area (Å²) >= 11 is 4.77. The Kier molecular flexibility index (Phi) is 2.40. The van der Waals surface area contributed by atoms with E-state index >= 15 is 0 Å². The van der Waals surface area contributed by atoms with Gasteiger partial charge in [0.1, 0.15) is 4.88 Å². The summed E-state index contributed by atoms with van der Waals surface area (Å²) < 4.78 is 2.03. The normalized spacial score (nSPS) is 17.0. The quantitative estimate of drug-likeness (QED) is 0.788. The predicted octanol–water partition coefficient (Wildman–Crippen LogP) is 2.11. The minimum Gasteiger partial charge on any atom is -0.477 e. The van der Waals surface area contributed by atoms with Crippen LogP contribution in [0.1, 0.15) is 20.1 Å². The van der Waals surface area contributed by atoms with E-state index in [1.807, 2.05) is 3.93 Å². The zero-order valence-corrected chi connectivity index (χ0v) is 9.19. The molecule has 2 heterocycles. The number of fused-ring (bicyclic) bond motifs is 1. The van der Waals surface area contributed by atoms with Crippen molar-refractivity contribution in [3.05, 3.63) is 21.4 Å². The zero-order valence-electron chi connectivity index (χ0n) is 6.79. The first-order valence-electron chi connectivity index (χ1n) is 3.92. The van der Waals surface area contributed by atoms with Crippen LogP contribution < -0.4 is 0 Å². The highest BCUT2D eigenvalue weighted by Crippen LogP contribution is 2.29. The van der Waals surface area contributed by atoms with E-state index in [1.54, 1.807) is 6.07 Å². The largest absolute Gasteiger partial charge is 0.477 e. The van der Waals surface area contributed by atoms with Gasteiger partial charge in [-0.05, 0) is 18.1 Å². The van der Waals surface area contributed by atoms with Crippen LogP contribution in [0.2, 0.25) is 0 Å². The molecule has 5 heteroatoms. The van der Waals surface area contributed by atoms with Gasteiger partial charge in [-0.1, -0.05) is 0 Å². The van der Waals surface area contributed by atoms with Gasteiger partial charge in [-0.15, -0.1) is 11.3 Å². The highest BCUT2D eigenvalue weighted by molar-refractivity contribution is 9.07. The number of hydrogen-bond acceptors (Lipinski definition) is 3. The maximum atomic E-state index is 10.7. The number of thiophene rings is 1. The second-order valence-electron chi connectivity index (χ2n) is 2.96. The Hall–Kier alpha value is -0.390. The highest BCUT2D eigenvalue weighted by Gasteiger charge is 2.19. The lowest BCUT2D eigenvalue weighted by atomic mass is 10.1. The second kappa shape index (κ2) is 3.40. The van der Waals surface area contributed by atoms with E-state index in [1.165, 1.54) is 21.8 Å². The SMILES string of the molecule is O=C(O)c1cc2c(s1)CN(Br)CC2. The summed E-state index contributed by atoms with van der Waals surface area (Å²) in [4.78, 5) is 12.3. The molecule has 0 atom stereocenters. The molecule has 3 nitrogen and oxygen atoms in total. The van der Waals surface area contributed by atoms with Crippen LogP contribution in [0.25, 0.3) is 0 Å². The average molecular weight is 262 g/mol. The van der Waals surface area contributed by atoms with Crippen LogP contribution in [0.4, 0.5) is 0 Å². The molecule has 1 aromatic rings. The van der Waals surface area contributed by atoms with Gasteiger partial charge >= 0.3 is 5.97 Å². The summed E-state index contributed by atoms with van der Waals surface area (Å²) in [5.41, 5.74) is 1.19. The number of nitrogens with zero attached hydrogens (tertiary/aromatic N) is 1. The van der Waals surface area contributed by atoms with E-state index in [9.17, 15) is 4.79 Å². The van der Waals surface area contributed by atoms with Gasteiger partial charge in [0.2, 0.25) is 0 Å². The molecule has 1 N–H and O–H groups in total. The Morgan fingerprint density at radius 2 is 2.46 bits per heavy atom. The molecule has 0 aromatic carbocycles. The molecule has 0 saturated carbocycles. The Bertz CT molecular complexity index is 350. The van der Waals surface area contributed by atoms with Crippen LogP contribution in [0.5, 0.6) is 0 Å². The van der Waals surface area contributed by atoms with E-state index in [2.05, 4.69) is 16.1 Å². The molecule has 1 aromatic heterocycles. The van der Waals surface area contributed by atoms with Crippen molar-refractivity contribution in [1.82, 2.24) is 3.93 Å². The van der Waals surface area contributed by atoms with Crippen molar-refractivity contribution in [1.29, 1.82) is 0 Å². The molecule has 0 saturated heterocycles. The fourth-order valence-corrected chi connectivity index (χ4v) is 3.05. The summed E-state index contributed by atoms with van der Waals surface area (Å²) in [6.07, 6.45) is 0.935. The molecule has 0 spiro atoms. The molecule has 0 bridgehead atoms. The third-order valence-corrected chi connectivity index (χ3v) is 3.80. The maximum absolute atomic E-state index is 10.7. The summed E-state index contributed by atoms with van der Waals surface area (Å²) in [6.45, 7) is 1.76. The van der Waals surface area contributed by atoms with Crippen molar-refractivity contribution >= 4 is 33.5 Å². The maximum Gasteiger partial charge on any atom is 0.345 e. The smallest absolute Gasteiger partial charge is 0.345 e. The first-order valence-corrected chi connectivity index (χ1v) is 5.45. The number of halogens is 1. The number of carboxylic acids is 1. The Labute approximate surface area is 88.3 Å². The summed E-state index contributed by atoms with van der Waals surface area (Å²) in [5, 5.41) is 8.79. The number of rotatable bonds is 1. The van der Waals surface area contributed by atoms with E-state index < -0.39 is 5.97 Å². The third kappa shape index (κ3) is 1.77. The van der Waals surface area contributed by atoms with Gasteiger partial charge in [-0.25, -0.2) is 8.72 Å². The van der Waals surface area contributed by atoms with Gasteiger partial charge in [-0.3, -0.25) is 0 Å². The predicted molar refractivity (Wildman–Crippen MR) is 54.3 cm³/mol. The molecule has 70 valence electrons. The highest BCUT2D eigenvalue weighted by atomic mass is 79.9. The molecule has 0 aliphatic carbocycles. The molecule has 1 aliphatic heterocycles. The van der Waals surface area contributed by atoms with Gasteiger partial charge in [0.15, 0.2) is 0 Å². The van der Waals surface area contributed by atoms with Crippen molar-refractivity contribution in [2.45, 2.75) is 13.0 Å². The fraction of sp³-hybridized carbons (Fsp3) is 0.375. The Morgan fingerprint density at radius 1 is 1.69 bits per heavy atom. The molecule has 0 amide bonds. The first kappa shape index (κ1) is 9.18. The van der Waals surface area contributed by atoms with Crippen LogP contribution in [0.15, 0.2) is 6.07 Å². The van der Waals surface area contributed by atoms with Crippen LogP contribution >= 0.6 is 27.5 Å². The molecular formula is C8H8BrNO2S. The van der Waals surface area contributed by atoms with Crippen LogP contribution in [0, 0.1) is 0 Å². The van der Waals surface area contributed by atoms with Crippen molar-refractivity contribution < 1.29 is 9.90 Å². The lowest BCUT2D eigenvalue weighted by molar-refractivity contribution is 0.0702. The van der Waals surface area contributed by atoms with Crippen molar-refractivity contribution in [2.75, 3.05) is 6.54 Å². The lowest BCUT2D eigenvalue weighted by Gasteiger charge is -2.19. The molecule has 13 heavy (non-hydrogen) atoms. The standard InChI is InChI=1S/C8H8BrNO2S/c9-10-2-1-5-3-6(8(11)12)13-7(5)4-10/h3H,1-2,4H2,(H,11,12). The van der Waals surface area contributed by atoms with Gasteiger partial charge < -0.3 is 5.11 Å². The van der Waals surface area contributed by atoms with E-state index in [0.717, 1.165) is 19.5 Å². The minimum atomic E-state index is -0.819. The lowest BCUT2D eigenvalue weighted by Crippen LogP contribution is -2.19. The first-order chi connectivity index (χ1) is 6.16. The van der Waals surface area contributed by atoms with Crippen LogP contribution in [0.3, 0.4) is 0 Å². The van der Waals surface area contributed by atoms with E-state index in [0.29, 0.717) is 4.88 Å². The fourth-order valence-electron chi connectivity index (χ4n) is 1.39. The molecule has 0 unspecified atom stereocenters. The van der Waals surface area contributed by atoms with Crippen LogP contribution in [-0.2, 0) is 13.0 Å². The Morgan fingerprint density at radius 3 is 3.15 bits per heavy atom. The van der Waals surface area contributed by atoms with E-state index in [4.69, 9.17) is 5.11 Å². The number of aromatic carboxylic acids is 1. The Balaban J connectivity index is 2.33. The van der Waals surface area contributed by atoms with Crippen molar-refractivity contribution in [3.63, 3.8) is 0 Å². The van der Waals surface area contributed by atoms with Crippen molar-refractivity contribution in [3.8, 4) is 0 Å². The van der Waals surface area contributed by atoms with E-state index in [-0.39, 0.29) is 0 Å². The number of carboxylic acid groups (broad SMARTS) is 1. The van der Waals surface area contributed by atoms with Gasteiger partial charge in [0.05, 0.1) is 0 Å². The van der Waals surface area contributed by atoms with Gasteiger partial charge in [-0.2, -0.15) is 0 Å². The van der Waals surface area contributed by atoms with Crippen LogP contribution in [-0.4, -0.2) is 21.5 Å². The average Bonchev–Trinajstić information content (AvgIpc) is 2.46. The zero-order chi connectivity index (χ0) is 9.42.